The Labute approximate surface area is 66.0 Å². The third kappa shape index (κ3) is 1.66. The van der Waals surface area contributed by atoms with Crippen molar-refractivity contribution in [1.82, 2.24) is 4.90 Å². The van der Waals surface area contributed by atoms with Crippen LogP contribution in [0.25, 0.3) is 0 Å². The summed E-state index contributed by atoms with van der Waals surface area (Å²) in [7, 11) is 0. The fourth-order valence-electron chi connectivity index (χ4n) is 1.01. The molecule has 1 amide bonds. The summed E-state index contributed by atoms with van der Waals surface area (Å²) >= 11 is 1.84. The van der Waals surface area contributed by atoms with Crippen LogP contribution in [-0.4, -0.2) is 28.0 Å². The van der Waals surface area contributed by atoms with Gasteiger partial charge in [-0.15, -0.1) is 11.8 Å². The Kier molecular flexibility index (Phi) is 1.95. The molecule has 0 spiro atoms. The number of hydrogen-bond acceptors (Lipinski definition) is 2. The predicted octanol–water partition coefficient (Wildman–Crippen LogP) is 1.32. The van der Waals surface area contributed by atoms with Gasteiger partial charge in [-0.25, -0.2) is 0 Å². The molecule has 0 saturated carbocycles. The molecular weight excluding hydrogens is 146 g/mol. The van der Waals surface area contributed by atoms with E-state index in [0.29, 0.717) is 0 Å². The maximum Gasteiger partial charge on any atom is 0.220 e. The molecule has 1 fully saturated rings. The smallest absolute Gasteiger partial charge is 0.220 e. The van der Waals surface area contributed by atoms with Crippen molar-refractivity contribution in [3.05, 3.63) is 0 Å². The van der Waals surface area contributed by atoms with E-state index < -0.39 is 0 Å². The van der Waals surface area contributed by atoms with Crippen molar-refractivity contribution in [2.24, 2.45) is 0 Å². The lowest BCUT2D eigenvalue weighted by Crippen LogP contribution is -2.30. The first-order valence-corrected chi connectivity index (χ1v) is 4.39. The fourth-order valence-corrected chi connectivity index (χ4v) is 2.03. The Hall–Kier alpha value is -0.180. The highest BCUT2D eigenvalue weighted by Crippen LogP contribution is 2.32. The molecule has 1 saturated heterocycles. The quantitative estimate of drug-likeness (QED) is 0.531. The van der Waals surface area contributed by atoms with Crippen LogP contribution in [0.5, 0.6) is 0 Å². The van der Waals surface area contributed by atoms with Crippen molar-refractivity contribution in [3.8, 4) is 0 Å². The topological polar surface area (TPSA) is 20.3 Å². The minimum absolute atomic E-state index is 0.193. The van der Waals surface area contributed by atoms with Crippen LogP contribution in [0.1, 0.15) is 20.8 Å². The Morgan fingerprint density at radius 3 is 2.40 bits per heavy atom. The molecule has 2 nitrogen and oxygen atoms in total. The van der Waals surface area contributed by atoms with E-state index in [2.05, 4.69) is 13.8 Å². The normalized spacial score (nSPS) is 23.3. The molecular formula is C7H13NOS. The molecule has 1 aliphatic heterocycles. The summed E-state index contributed by atoms with van der Waals surface area (Å²) < 4.78 is 0.270. The molecule has 0 aromatic carbocycles. The van der Waals surface area contributed by atoms with Crippen molar-refractivity contribution in [2.75, 3.05) is 12.4 Å². The van der Waals surface area contributed by atoms with Gasteiger partial charge in [-0.05, 0) is 13.8 Å². The standard InChI is InChI=1S/C7H13NOS/c1-6(9)8-4-7(2,3)10-5-8/h4-5H2,1-3H3. The molecule has 3 heteroatoms. The highest BCUT2D eigenvalue weighted by molar-refractivity contribution is 8.00. The van der Waals surface area contributed by atoms with Crippen molar-refractivity contribution in [2.45, 2.75) is 25.5 Å². The number of hydrogen-bond donors (Lipinski definition) is 0. The molecule has 0 bridgehead atoms. The number of carbonyl (C=O) groups excluding carboxylic acids is 1. The lowest BCUT2D eigenvalue weighted by molar-refractivity contribution is -0.127. The molecule has 10 heavy (non-hydrogen) atoms. The van der Waals surface area contributed by atoms with Crippen molar-refractivity contribution < 1.29 is 4.79 Å². The molecule has 0 aromatic rings. The highest BCUT2D eigenvalue weighted by atomic mass is 32.2. The maximum absolute atomic E-state index is 10.8. The van der Waals surface area contributed by atoms with E-state index in [0.717, 1.165) is 12.4 Å². The average molecular weight is 159 g/mol. The predicted molar refractivity (Wildman–Crippen MR) is 43.9 cm³/mol. The molecule has 1 aliphatic rings. The van der Waals surface area contributed by atoms with Gasteiger partial charge < -0.3 is 4.90 Å². The van der Waals surface area contributed by atoms with E-state index in [9.17, 15) is 4.79 Å². The van der Waals surface area contributed by atoms with E-state index in [1.165, 1.54) is 0 Å². The van der Waals surface area contributed by atoms with Gasteiger partial charge in [0.05, 0.1) is 5.88 Å². The van der Waals surface area contributed by atoms with Gasteiger partial charge in [0, 0.05) is 18.2 Å². The van der Waals surface area contributed by atoms with E-state index in [4.69, 9.17) is 0 Å². The molecule has 0 N–H and O–H groups in total. The highest BCUT2D eigenvalue weighted by Gasteiger charge is 2.30. The average Bonchev–Trinajstić information content (AvgIpc) is 2.10. The zero-order chi connectivity index (χ0) is 7.78. The van der Waals surface area contributed by atoms with Gasteiger partial charge in [-0.2, -0.15) is 0 Å². The second kappa shape index (κ2) is 2.46. The van der Waals surface area contributed by atoms with Crippen LogP contribution in [0.3, 0.4) is 0 Å². The number of amides is 1. The van der Waals surface area contributed by atoms with Crippen molar-refractivity contribution in [3.63, 3.8) is 0 Å². The second-order valence-electron chi connectivity index (χ2n) is 3.25. The molecule has 0 radical (unpaired) electrons. The molecule has 0 aromatic heterocycles. The second-order valence-corrected chi connectivity index (χ2v) is 4.90. The minimum Gasteiger partial charge on any atom is -0.332 e. The molecule has 58 valence electrons. The maximum atomic E-state index is 10.8. The lowest BCUT2D eigenvalue weighted by atomic mass is 10.2. The summed E-state index contributed by atoms with van der Waals surface area (Å²) in [5.41, 5.74) is 0. The first-order valence-electron chi connectivity index (χ1n) is 3.41. The minimum atomic E-state index is 0.193. The Bertz CT molecular complexity index is 156. The van der Waals surface area contributed by atoms with Gasteiger partial charge in [0.25, 0.3) is 0 Å². The van der Waals surface area contributed by atoms with Crippen LogP contribution in [0.2, 0.25) is 0 Å². The first kappa shape index (κ1) is 7.92. The fraction of sp³-hybridized carbons (Fsp3) is 0.857. The van der Waals surface area contributed by atoms with Crippen LogP contribution in [0.15, 0.2) is 0 Å². The Balaban J connectivity index is 2.51. The van der Waals surface area contributed by atoms with E-state index in [-0.39, 0.29) is 10.7 Å². The van der Waals surface area contributed by atoms with Crippen LogP contribution >= 0.6 is 11.8 Å². The molecule has 1 heterocycles. The van der Waals surface area contributed by atoms with E-state index >= 15 is 0 Å². The van der Waals surface area contributed by atoms with Gasteiger partial charge in [0.1, 0.15) is 0 Å². The molecule has 0 unspecified atom stereocenters. The van der Waals surface area contributed by atoms with Crippen molar-refractivity contribution >= 4 is 17.7 Å². The lowest BCUT2D eigenvalue weighted by Gasteiger charge is -2.16. The number of nitrogens with zero attached hydrogens (tertiary/aromatic N) is 1. The van der Waals surface area contributed by atoms with E-state index in [1.807, 2.05) is 16.7 Å². The number of carbonyl (C=O) groups is 1. The van der Waals surface area contributed by atoms with Crippen LogP contribution < -0.4 is 0 Å². The number of rotatable bonds is 0. The molecule has 1 rings (SSSR count). The summed E-state index contributed by atoms with van der Waals surface area (Å²) in [6.45, 7) is 6.86. The third-order valence-electron chi connectivity index (χ3n) is 1.63. The molecule has 0 aliphatic carbocycles. The van der Waals surface area contributed by atoms with E-state index in [1.54, 1.807) is 6.92 Å². The van der Waals surface area contributed by atoms with Gasteiger partial charge in [-0.1, -0.05) is 0 Å². The van der Waals surface area contributed by atoms with Crippen LogP contribution in [-0.2, 0) is 4.79 Å². The molecule has 0 atom stereocenters. The van der Waals surface area contributed by atoms with Crippen molar-refractivity contribution in [1.29, 1.82) is 0 Å². The van der Waals surface area contributed by atoms with Crippen LogP contribution in [0.4, 0.5) is 0 Å². The first-order chi connectivity index (χ1) is 4.51. The van der Waals surface area contributed by atoms with Crippen LogP contribution in [0, 0.1) is 0 Å². The summed E-state index contributed by atoms with van der Waals surface area (Å²) in [6, 6.07) is 0. The zero-order valence-corrected chi connectivity index (χ0v) is 7.49. The van der Waals surface area contributed by atoms with Gasteiger partial charge in [-0.3, -0.25) is 4.79 Å². The van der Waals surface area contributed by atoms with Gasteiger partial charge in [0.2, 0.25) is 5.91 Å². The summed E-state index contributed by atoms with van der Waals surface area (Å²) in [5.74, 6) is 1.06. The third-order valence-corrected chi connectivity index (χ3v) is 2.98. The van der Waals surface area contributed by atoms with Gasteiger partial charge in [0.15, 0.2) is 0 Å². The summed E-state index contributed by atoms with van der Waals surface area (Å²) in [4.78, 5) is 12.7. The SMILES string of the molecule is CC(=O)N1CSC(C)(C)C1. The Morgan fingerprint density at radius 1 is 1.60 bits per heavy atom. The van der Waals surface area contributed by atoms with Gasteiger partial charge >= 0.3 is 0 Å². The summed E-state index contributed by atoms with van der Waals surface area (Å²) in [5, 5.41) is 0. The zero-order valence-electron chi connectivity index (χ0n) is 6.68. The number of thioether (sulfide) groups is 1. The monoisotopic (exact) mass is 159 g/mol. The Morgan fingerprint density at radius 2 is 2.20 bits per heavy atom. The summed E-state index contributed by atoms with van der Waals surface area (Å²) in [6.07, 6.45) is 0. The largest absolute Gasteiger partial charge is 0.332 e.